The van der Waals surface area contributed by atoms with E-state index in [0.717, 1.165) is 35.2 Å². The van der Waals surface area contributed by atoms with E-state index in [9.17, 15) is 0 Å². The number of anilines is 1. The van der Waals surface area contributed by atoms with Crippen LogP contribution in [0.3, 0.4) is 0 Å². The van der Waals surface area contributed by atoms with Gasteiger partial charge in [-0.3, -0.25) is 0 Å². The zero-order chi connectivity index (χ0) is 11.9. The lowest BCUT2D eigenvalue weighted by Crippen LogP contribution is -2.16. The lowest BCUT2D eigenvalue weighted by Gasteiger charge is -2.17. The van der Waals surface area contributed by atoms with Crippen LogP contribution in [-0.4, -0.2) is 31.3 Å². The monoisotopic (exact) mass is 262 g/mol. The lowest BCUT2D eigenvalue weighted by atomic mass is 10.3. The number of aromatic nitrogens is 1. The van der Waals surface area contributed by atoms with Crippen molar-refractivity contribution in [2.75, 3.05) is 31.2 Å². The van der Waals surface area contributed by atoms with Gasteiger partial charge >= 0.3 is 0 Å². The number of rotatable bonds is 1. The van der Waals surface area contributed by atoms with E-state index < -0.39 is 0 Å². The normalized spacial score (nSPS) is 18.6. The number of nitrogens with zero attached hydrogens (tertiary/aromatic N) is 2. The summed E-state index contributed by atoms with van der Waals surface area (Å²) in [5, 5.41) is 1.13. The SMILES string of the molecule is c1c2c(cc3sc(N4CCCC4)nc13)OCCO2. The Morgan fingerprint density at radius 3 is 2.56 bits per heavy atom. The van der Waals surface area contributed by atoms with Crippen molar-refractivity contribution in [3.8, 4) is 11.5 Å². The summed E-state index contributed by atoms with van der Waals surface area (Å²) >= 11 is 1.75. The molecule has 3 heterocycles. The molecule has 1 aromatic carbocycles. The van der Waals surface area contributed by atoms with Crippen LogP contribution in [0.1, 0.15) is 12.8 Å². The Morgan fingerprint density at radius 1 is 1.06 bits per heavy atom. The van der Waals surface area contributed by atoms with E-state index in [4.69, 9.17) is 14.5 Å². The second kappa shape index (κ2) is 4.02. The summed E-state index contributed by atoms with van der Waals surface area (Å²) in [6.07, 6.45) is 2.55. The Labute approximate surface area is 109 Å². The predicted octanol–water partition coefficient (Wildman–Crippen LogP) is 2.67. The van der Waals surface area contributed by atoms with E-state index in [-0.39, 0.29) is 0 Å². The van der Waals surface area contributed by atoms with Gasteiger partial charge in [-0.1, -0.05) is 11.3 Å². The summed E-state index contributed by atoms with van der Waals surface area (Å²) in [5.41, 5.74) is 1.02. The molecular formula is C13H14N2O2S. The first-order chi connectivity index (χ1) is 8.90. The molecule has 0 N–H and O–H groups in total. The van der Waals surface area contributed by atoms with Crippen LogP contribution in [0.15, 0.2) is 12.1 Å². The van der Waals surface area contributed by atoms with Crippen LogP contribution in [-0.2, 0) is 0 Å². The molecule has 0 aliphatic carbocycles. The standard InChI is InChI=1S/C13H14N2O2S/c1-2-4-15(3-1)13-14-9-7-10-11(8-12(9)18-13)17-6-5-16-10/h7-8H,1-6H2. The van der Waals surface area contributed by atoms with Gasteiger partial charge in [-0.15, -0.1) is 0 Å². The molecule has 2 aliphatic heterocycles. The zero-order valence-electron chi connectivity index (χ0n) is 10.0. The highest BCUT2D eigenvalue weighted by molar-refractivity contribution is 7.22. The molecule has 0 spiro atoms. The van der Waals surface area contributed by atoms with Crippen LogP contribution < -0.4 is 14.4 Å². The van der Waals surface area contributed by atoms with Crippen molar-refractivity contribution in [1.29, 1.82) is 0 Å². The van der Waals surface area contributed by atoms with Crippen LogP contribution in [0.25, 0.3) is 10.2 Å². The van der Waals surface area contributed by atoms with Gasteiger partial charge in [0.05, 0.1) is 10.2 Å². The summed E-state index contributed by atoms with van der Waals surface area (Å²) in [7, 11) is 0. The van der Waals surface area contributed by atoms with E-state index in [2.05, 4.69) is 11.0 Å². The molecule has 1 aromatic heterocycles. The fourth-order valence-corrected chi connectivity index (χ4v) is 3.52. The van der Waals surface area contributed by atoms with Crippen LogP contribution in [0.2, 0.25) is 0 Å². The molecule has 0 atom stereocenters. The van der Waals surface area contributed by atoms with E-state index in [0.29, 0.717) is 13.2 Å². The average molecular weight is 262 g/mol. The molecule has 0 amide bonds. The maximum Gasteiger partial charge on any atom is 0.186 e. The first-order valence-electron chi connectivity index (χ1n) is 6.35. The molecule has 18 heavy (non-hydrogen) atoms. The Bertz CT molecular complexity index is 547. The summed E-state index contributed by atoms with van der Waals surface area (Å²) in [6.45, 7) is 3.52. The molecule has 0 radical (unpaired) electrons. The zero-order valence-corrected chi connectivity index (χ0v) is 10.8. The molecule has 0 bridgehead atoms. The summed E-state index contributed by atoms with van der Waals surface area (Å²) in [6, 6.07) is 4.06. The van der Waals surface area contributed by atoms with Gasteiger partial charge in [0.15, 0.2) is 16.6 Å². The number of benzene rings is 1. The summed E-state index contributed by atoms with van der Waals surface area (Å²) < 4.78 is 12.4. The maximum atomic E-state index is 5.61. The molecule has 1 fully saturated rings. The van der Waals surface area contributed by atoms with Crippen molar-refractivity contribution in [3.05, 3.63) is 12.1 Å². The van der Waals surface area contributed by atoms with E-state index in [1.54, 1.807) is 11.3 Å². The minimum absolute atomic E-state index is 0.627. The molecule has 4 nitrogen and oxygen atoms in total. The molecule has 0 saturated carbocycles. The van der Waals surface area contributed by atoms with Gasteiger partial charge < -0.3 is 14.4 Å². The fraction of sp³-hybridized carbons (Fsp3) is 0.462. The van der Waals surface area contributed by atoms with E-state index in [1.807, 2.05) is 6.07 Å². The summed E-state index contributed by atoms with van der Waals surface area (Å²) in [5.74, 6) is 1.68. The van der Waals surface area contributed by atoms with Gasteiger partial charge in [0, 0.05) is 25.2 Å². The molecular weight excluding hydrogens is 248 g/mol. The predicted molar refractivity (Wildman–Crippen MR) is 72.1 cm³/mol. The van der Waals surface area contributed by atoms with Gasteiger partial charge in [-0.2, -0.15) is 0 Å². The first-order valence-corrected chi connectivity index (χ1v) is 7.17. The Hall–Kier alpha value is -1.49. The maximum absolute atomic E-state index is 5.61. The largest absolute Gasteiger partial charge is 0.486 e. The number of hydrogen-bond donors (Lipinski definition) is 0. The third-order valence-corrected chi connectivity index (χ3v) is 4.50. The minimum Gasteiger partial charge on any atom is -0.486 e. The third-order valence-electron chi connectivity index (χ3n) is 3.42. The minimum atomic E-state index is 0.627. The highest BCUT2D eigenvalue weighted by Gasteiger charge is 2.19. The van der Waals surface area contributed by atoms with Gasteiger partial charge in [0.25, 0.3) is 0 Å². The van der Waals surface area contributed by atoms with Crippen molar-refractivity contribution in [1.82, 2.24) is 4.98 Å². The number of thiazole rings is 1. The van der Waals surface area contributed by atoms with Gasteiger partial charge in [0.2, 0.25) is 0 Å². The second-order valence-corrected chi connectivity index (χ2v) is 5.66. The Balaban J connectivity index is 1.79. The molecule has 5 heteroatoms. The van der Waals surface area contributed by atoms with Crippen molar-refractivity contribution in [2.45, 2.75) is 12.8 Å². The van der Waals surface area contributed by atoms with Crippen LogP contribution in [0.4, 0.5) is 5.13 Å². The molecule has 2 aromatic rings. The Kier molecular flexibility index (Phi) is 2.33. The average Bonchev–Trinajstić information content (AvgIpc) is 3.04. The number of fused-ring (bicyclic) bond motifs is 2. The molecule has 2 aliphatic rings. The van der Waals surface area contributed by atoms with Crippen molar-refractivity contribution >= 4 is 26.7 Å². The quantitative estimate of drug-likeness (QED) is 0.791. The first kappa shape index (κ1) is 10.4. The van der Waals surface area contributed by atoms with Crippen LogP contribution in [0, 0.1) is 0 Å². The smallest absolute Gasteiger partial charge is 0.186 e. The molecule has 0 unspecified atom stereocenters. The highest BCUT2D eigenvalue weighted by Crippen LogP contribution is 2.39. The van der Waals surface area contributed by atoms with Gasteiger partial charge in [0.1, 0.15) is 13.2 Å². The molecule has 94 valence electrons. The highest BCUT2D eigenvalue weighted by atomic mass is 32.1. The summed E-state index contributed by atoms with van der Waals surface area (Å²) in [4.78, 5) is 7.08. The van der Waals surface area contributed by atoms with E-state index >= 15 is 0 Å². The van der Waals surface area contributed by atoms with Crippen molar-refractivity contribution < 1.29 is 9.47 Å². The lowest BCUT2D eigenvalue weighted by molar-refractivity contribution is 0.172. The molecule has 4 rings (SSSR count). The Morgan fingerprint density at radius 2 is 1.78 bits per heavy atom. The van der Waals surface area contributed by atoms with Crippen LogP contribution >= 0.6 is 11.3 Å². The van der Waals surface area contributed by atoms with Gasteiger partial charge in [-0.25, -0.2) is 4.98 Å². The van der Waals surface area contributed by atoms with E-state index in [1.165, 1.54) is 17.5 Å². The van der Waals surface area contributed by atoms with Crippen LogP contribution in [0.5, 0.6) is 11.5 Å². The van der Waals surface area contributed by atoms with Gasteiger partial charge in [-0.05, 0) is 12.8 Å². The molecule has 1 saturated heterocycles. The third kappa shape index (κ3) is 1.61. The topological polar surface area (TPSA) is 34.6 Å². The number of ether oxygens (including phenoxy) is 2. The fourth-order valence-electron chi connectivity index (χ4n) is 2.50. The second-order valence-electron chi connectivity index (χ2n) is 4.65. The van der Waals surface area contributed by atoms with Crippen molar-refractivity contribution in [3.63, 3.8) is 0 Å². The number of hydrogen-bond acceptors (Lipinski definition) is 5. The van der Waals surface area contributed by atoms with Crippen molar-refractivity contribution in [2.24, 2.45) is 0 Å².